The summed E-state index contributed by atoms with van der Waals surface area (Å²) in [5.41, 5.74) is 0.578. The Kier molecular flexibility index (Phi) is 14.1. The Hall–Kier alpha value is -2.62. The molecule has 0 aromatic carbocycles. The van der Waals surface area contributed by atoms with Gasteiger partial charge in [0.15, 0.2) is 0 Å². The molecule has 9 nitrogen and oxygen atoms in total. The fraction of sp³-hybridized carbons (Fsp3) is 0.630. The molecule has 0 aliphatic carbocycles. The molecule has 1 fully saturated rings. The van der Waals surface area contributed by atoms with Crippen molar-refractivity contribution in [1.82, 2.24) is 5.32 Å². The highest BCUT2D eigenvalue weighted by Gasteiger charge is 2.30. The molecule has 2 amide bonds. The largest absolute Gasteiger partial charge is 0.478 e. The first kappa shape index (κ1) is 31.4. The number of ether oxygens (including phenoxy) is 1. The van der Waals surface area contributed by atoms with E-state index in [4.69, 9.17) is 9.84 Å². The molecular formula is C27H41NO8. The molecule has 0 bridgehead atoms. The molecule has 4 N–H and O–H groups in total. The third kappa shape index (κ3) is 11.4. The van der Waals surface area contributed by atoms with Crippen LogP contribution in [0.25, 0.3) is 0 Å². The maximum atomic E-state index is 12.6. The first-order valence-electron chi connectivity index (χ1n) is 12.4. The zero-order valence-corrected chi connectivity index (χ0v) is 21.7. The van der Waals surface area contributed by atoms with Crippen molar-refractivity contribution in [2.24, 2.45) is 17.8 Å². The SMILES string of the molecule is CO[C@H](/C=C/CC/C=C/C(=O)O)[C@@H](O)[C@@H](C)[C@H](O)/C(C)=C/[C@H](C)C(=O)CCCC1CC(=O)NC(=O)C1. The first-order chi connectivity index (χ1) is 17.0. The molecule has 0 aromatic heterocycles. The van der Waals surface area contributed by atoms with Crippen LogP contribution in [0.3, 0.4) is 0 Å². The number of aliphatic hydroxyl groups excluding tert-OH is 2. The molecule has 0 saturated carbocycles. The molecule has 5 atom stereocenters. The van der Waals surface area contributed by atoms with Gasteiger partial charge in [-0.25, -0.2) is 4.79 Å². The lowest BCUT2D eigenvalue weighted by atomic mass is 9.87. The van der Waals surface area contributed by atoms with Gasteiger partial charge in [-0.1, -0.05) is 38.2 Å². The number of rotatable bonds is 16. The number of allylic oxidation sites excluding steroid dienone is 3. The van der Waals surface area contributed by atoms with Crippen molar-refractivity contribution in [2.75, 3.05) is 7.11 Å². The number of nitrogens with one attached hydrogen (secondary N) is 1. The number of methoxy groups -OCH3 is 1. The molecule has 9 heteroatoms. The summed E-state index contributed by atoms with van der Waals surface area (Å²) < 4.78 is 5.36. The average Bonchev–Trinajstić information content (AvgIpc) is 2.81. The Balaban J connectivity index is 2.57. The zero-order chi connectivity index (χ0) is 27.3. The fourth-order valence-electron chi connectivity index (χ4n) is 4.28. The number of amides is 2. The van der Waals surface area contributed by atoms with E-state index in [-0.39, 0.29) is 23.5 Å². The Labute approximate surface area is 213 Å². The van der Waals surface area contributed by atoms with Crippen molar-refractivity contribution in [3.8, 4) is 0 Å². The van der Waals surface area contributed by atoms with Crippen LogP contribution in [0.4, 0.5) is 0 Å². The van der Waals surface area contributed by atoms with Crippen LogP contribution in [-0.4, -0.2) is 64.3 Å². The van der Waals surface area contributed by atoms with E-state index >= 15 is 0 Å². The molecule has 0 aromatic rings. The third-order valence-corrected chi connectivity index (χ3v) is 6.48. The van der Waals surface area contributed by atoms with E-state index in [1.807, 2.05) is 0 Å². The van der Waals surface area contributed by atoms with Gasteiger partial charge in [0.05, 0.1) is 12.2 Å². The topological polar surface area (TPSA) is 150 Å². The smallest absolute Gasteiger partial charge is 0.327 e. The van der Waals surface area contributed by atoms with Crippen LogP contribution in [0.2, 0.25) is 0 Å². The zero-order valence-electron chi connectivity index (χ0n) is 21.7. The number of aliphatic hydroxyl groups is 2. The average molecular weight is 508 g/mol. The number of Topliss-reactive ketones (excluding diaryl/α,β-unsaturated/α-hetero) is 1. The van der Waals surface area contributed by atoms with Crippen molar-refractivity contribution in [3.05, 3.63) is 36.0 Å². The van der Waals surface area contributed by atoms with Crippen molar-refractivity contribution in [2.45, 2.75) is 84.0 Å². The standard InChI is InChI=1S/C27H41NO8/c1-17(21(29)11-9-10-20-15-23(30)28-24(31)16-20)14-18(2)26(34)19(3)27(35)22(36-4)12-7-5-6-8-13-25(32)33/h7-8,12-14,17,19-20,22,26-27,34-35H,5-6,9-11,15-16H2,1-4H3,(H,32,33)(H,28,30,31)/b12-7+,13-8+,18-14+/t17-,19-,22+,26+,27-/m0/s1. The summed E-state index contributed by atoms with van der Waals surface area (Å²) in [6, 6.07) is 0. The lowest BCUT2D eigenvalue weighted by Crippen LogP contribution is -2.39. The van der Waals surface area contributed by atoms with E-state index in [0.717, 1.165) is 6.08 Å². The number of carbonyl (C=O) groups excluding carboxylic acids is 3. The van der Waals surface area contributed by atoms with Gasteiger partial charge < -0.3 is 20.1 Å². The summed E-state index contributed by atoms with van der Waals surface area (Å²) in [6.07, 6.45) is 8.46. The van der Waals surface area contributed by atoms with Gasteiger partial charge in [-0.2, -0.15) is 0 Å². The Morgan fingerprint density at radius 3 is 2.31 bits per heavy atom. The van der Waals surface area contributed by atoms with E-state index in [2.05, 4.69) is 5.32 Å². The minimum Gasteiger partial charge on any atom is -0.478 e. The fourth-order valence-corrected chi connectivity index (χ4v) is 4.28. The Morgan fingerprint density at radius 1 is 1.11 bits per heavy atom. The number of carboxylic acid groups (broad SMARTS) is 1. The van der Waals surface area contributed by atoms with E-state index < -0.39 is 36.1 Å². The number of hydrogen-bond acceptors (Lipinski definition) is 7. The summed E-state index contributed by atoms with van der Waals surface area (Å²) in [7, 11) is 1.46. The highest BCUT2D eigenvalue weighted by Crippen LogP contribution is 2.23. The molecule has 1 heterocycles. The molecule has 1 rings (SSSR count). The van der Waals surface area contributed by atoms with Crippen LogP contribution in [0, 0.1) is 17.8 Å². The van der Waals surface area contributed by atoms with Gasteiger partial charge in [0.1, 0.15) is 11.9 Å². The van der Waals surface area contributed by atoms with Crippen LogP contribution in [0.1, 0.15) is 65.7 Å². The van der Waals surface area contributed by atoms with Gasteiger partial charge in [0.25, 0.3) is 0 Å². The highest BCUT2D eigenvalue weighted by molar-refractivity contribution is 5.97. The number of carbonyl (C=O) groups is 4. The normalized spacial score (nSPS) is 19.8. The van der Waals surface area contributed by atoms with E-state index in [1.54, 1.807) is 45.1 Å². The quantitative estimate of drug-likeness (QED) is 0.108. The number of ketones is 1. The highest BCUT2D eigenvalue weighted by atomic mass is 16.5. The van der Waals surface area contributed by atoms with Gasteiger partial charge in [0.2, 0.25) is 11.8 Å². The molecule has 1 aliphatic rings. The molecule has 1 saturated heterocycles. The number of aliphatic carboxylic acids is 1. The summed E-state index contributed by atoms with van der Waals surface area (Å²) in [6.45, 7) is 5.18. The molecular weight excluding hydrogens is 466 g/mol. The summed E-state index contributed by atoms with van der Waals surface area (Å²) in [5.74, 6) is -2.54. The van der Waals surface area contributed by atoms with Gasteiger partial charge in [-0.3, -0.25) is 19.7 Å². The van der Waals surface area contributed by atoms with Crippen molar-refractivity contribution >= 4 is 23.6 Å². The monoisotopic (exact) mass is 507 g/mol. The van der Waals surface area contributed by atoms with Crippen LogP contribution >= 0.6 is 0 Å². The van der Waals surface area contributed by atoms with Crippen LogP contribution in [0.5, 0.6) is 0 Å². The second-order valence-electron chi connectivity index (χ2n) is 9.54. The van der Waals surface area contributed by atoms with Crippen molar-refractivity contribution < 1.29 is 39.2 Å². The van der Waals surface area contributed by atoms with Crippen molar-refractivity contribution in [3.63, 3.8) is 0 Å². The first-order valence-corrected chi connectivity index (χ1v) is 12.4. The lowest BCUT2D eigenvalue weighted by Gasteiger charge is -2.29. The maximum absolute atomic E-state index is 12.6. The predicted molar refractivity (Wildman–Crippen MR) is 135 cm³/mol. The molecule has 0 radical (unpaired) electrons. The second kappa shape index (κ2) is 16.2. The lowest BCUT2D eigenvalue weighted by molar-refractivity contribution is -0.135. The number of hydrogen-bond donors (Lipinski definition) is 4. The maximum Gasteiger partial charge on any atom is 0.327 e. The minimum absolute atomic E-state index is 0.0102. The Morgan fingerprint density at radius 2 is 1.72 bits per heavy atom. The van der Waals surface area contributed by atoms with Gasteiger partial charge in [-0.15, -0.1) is 0 Å². The summed E-state index contributed by atoms with van der Waals surface area (Å²) >= 11 is 0. The number of piperidine rings is 1. The summed E-state index contributed by atoms with van der Waals surface area (Å²) in [5, 5.41) is 32.4. The number of unbranched alkanes of at least 4 members (excludes halogenated alkanes) is 1. The number of imide groups is 1. The van der Waals surface area contributed by atoms with Crippen LogP contribution in [0.15, 0.2) is 36.0 Å². The predicted octanol–water partition coefficient (Wildman–Crippen LogP) is 2.71. The number of carboxylic acids is 1. The van der Waals surface area contributed by atoms with Gasteiger partial charge >= 0.3 is 5.97 Å². The molecule has 36 heavy (non-hydrogen) atoms. The van der Waals surface area contributed by atoms with Gasteiger partial charge in [-0.05, 0) is 44.1 Å². The second-order valence-corrected chi connectivity index (χ2v) is 9.54. The van der Waals surface area contributed by atoms with Crippen LogP contribution in [-0.2, 0) is 23.9 Å². The molecule has 0 spiro atoms. The van der Waals surface area contributed by atoms with Gasteiger partial charge in [0, 0.05) is 44.3 Å². The Bertz CT molecular complexity index is 831. The van der Waals surface area contributed by atoms with Crippen LogP contribution < -0.4 is 5.32 Å². The molecule has 202 valence electrons. The van der Waals surface area contributed by atoms with E-state index in [1.165, 1.54) is 7.11 Å². The molecule has 1 aliphatic heterocycles. The van der Waals surface area contributed by atoms with Crippen molar-refractivity contribution in [1.29, 1.82) is 0 Å². The third-order valence-electron chi connectivity index (χ3n) is 6.48. The molecule has 0 unspecified atom stereocenters. The van der Waals surface area contributed by atoms with E-state index in [9.17, 15) is 29.4 Å². The minimum atomic E-state index is -1.00. The van der Waals surface area contributed by atoms with E-state index in [0.29, 0.717) is 50.5 Å². The summed E-state index contributed by atoms with van der Waals surface area (Å²) in [4.78, 5) is 46.0.